The van der Waals surface area contributed by atoms with Gasteiger partial charge in [-0.1, -0.05) is 29.4 Å². The molecular weight excluding hydrogens is 434 g/mol. The maximum atomic E-state index is 14.0. The van der Waals surface area contributed by atoms with Crippen LogP contribution in [0.15, 0.2) is 76.3 Å². The van der Waals surface area contributed by atoms with Gasteiger partial charge in [-0.2, -0.15) is 4.98 Å². The summed E-state index contributed by atoms with van der Waals surface area (Å²) in [6, 6.07) is 14.2. The average molecular weight is 450 g/mol. The molecule has 9 heteroatoms. The number of carbonyl (C=O) groups is 1. The first-order chi connectivity index (χ1) is 15.5. The first-order valence-corrected chi connectivity index (χ1v) is 10.6. The highest BCUT2D eigenvalue weighted by atomic mass is 32.1. The van der Waals surface area contributed by atoms with Crippen LogP contribution in [0.2, 0.25) is 0 Å². The van der Waals surface area contributed by atoms with Gasteiger partial charge in [0.05, 0.1) is 22.2 Å². The Hall–Kier alpha value is -3.85. The number of carbonyl (C=O) groups excluding carboxylic acids is 1. The van der Waals surface area contributed by atoms with Gasteiger partial charge in [-0.3, -0.25) is 4.90 Å². The molecule has 4 aromatic rings. The normalized spacial score (nSPS) is 16.4. The SMILES string of the molecule is CC1=C(c2nc(-c3cccs3)no2)C(c2cccc(F)c2)NC(=O)N1c1cccc(F)c1. The lowest BCUT2D eigenvalue weighted by molar-refractivity contribution is 0.244. The number of hydrogen-bond donors (Lipinski definition) is 1. The molecule has 1 aliphatic rings. The highest BCUT2D eigenvalue weighted by molar-refractivity contribution is 7.13. The number of thiophene rings is 1. The van der Waals surface area contributed by atoms with E-state index >= 15 is 0 Å². The van der Waals surface area contributed by atoms with Crippen LogP contribution < -0.4 is 10.2 Å². The Bertz CT molecular complexity index is 1330. The van der Waals surface area contributed by atoms with Crippen LogP contribution in [0.1, 0.15) is 24.4 Å². The molecule has 0 saturated heterocycles. The van der Waals surface area contributed by atoms with Crippen molar-refractivity contribution >= 4 is 28.6 Å². The van der Waals surface area contributed by atoms with E-state index in [-0.39, 0.29) is 5.89 Å². The molecule has 1 unspecified atom stereocenters. The predicted molar refractivity (Wildman–Crippen MR) is 117 cm³/mol. The van der Waals surface area contributed by atoms with Crippen molar-refractivity contribution in [1.82, 2.24) is 15.5 Å². The van der Waals surface area contributed by atoms with Crippen LogP contribution in [-0.2, 0) is 0 Å². The zero-order chi connectivity index (χ0) is 22.2. The number of halogens is 2. The molecule has 1 aliphatic heterocycles. The number of allylic oxidation sites excluding steroid dienone is 1. The summed E-state index contributed by atoms with van der Waals surface area (Å²) in [5.74, 6) is -0.329. The third-order valence-corrected chi connectivity index (χ3v) is 6.00. The van der Waals surface area contributed by atoms with Crippen LogP contribution in [0.3, 0.4) is 0 Å². The summed E-state index contributed by atoms with van der Waals surface area (Å²) >= 11 is 1.46. The second-order valence-electron chi connectivity index (χ2n) is 7.15. The van der Waals surface area contributed by atoms with E-state index in [1.54, 1.807) is 25.1 Å². The van der Waals surface area contributed by atoms with Gasteiger partial charge in [-0.25, -0.2) is 13.6 Å². The molecule has 1 N–H and O–H groups in total. The minimum absolute atomic E-state index is 0.182. The molecule has 2 aromatic heterocycles. The van der Waals surface area contributed by atoms with Gasteiger partial charge in [-0.15, -0.1) is 11.3 Å². The Morgan fingerprint density at radius 2 is 1.84 bits per heavy atom. The first kappa shape index (κ1) is 20.1. The number of anilines is 1. The van der Waals surface area contributed by atoms with Gasteiger partial charge >= 0.3 is 6.03 Å². The fraction of sp³-hybridized carbons (Fsp3) is 0.0870. The van der Waals surface area contributed by atoms with Gasteiger partial charge in [-0.05, 0) is 54.3 Å². The van der Waals surface area contributed by atoms with Crippen molar-refractivity contribution in [3.05, 3.63) is 94.8 Å². The largest absolute Gasteiger partial charge is 0.334 e. The van der Waals surface area contributed by atoms with Gasteiger partial charge in [0.15, 0.2) is 0 Å². The molecular formula is C23H16F2N4O2S. The Balaban J connectivity index is 1.68. The molecule has 0 bridgehead atoms. The number of rotatable bonds is 4. The molecule has 1 atom stereocenters. The van der Waals surface area contributed by atoms with Crippen molar-refractivity contribution < 1.29 is 18.1 Å². The summed E-state index contributed by atoms with van der Waals surface area (Å²) in [7, 11) is 0. The van der Waals surface area contributed by atoms with Crippen molar-refractivity contribution in [2.45, 2.75) is 13.0 Å². The topological polar surface area (TPSA) is 71.3 Å². The number of aromatic nitrogens is 2. The van der Waals surface area contributed by atoms with Crippen molar-refractivity contribution in [3.8, 4) is 10.7 Å². The lowest BCUT2D eigenvalue weighted by atomic mass is 9.94. The van der Waals surface area contributed by atoms with E-state index in [9.17, 15) is 13.6 Å². The van der Waals surface area contributed by atoms with E-state index in [0.717, 1.165) is 4.88 Å². The molecule has 2 aromatic carbocycles. The molecule has 0 saturated carbocycles. The Morgan fingerprint density at radius 1 is 1.06 bits per heavy atom. The Kier molecular flexibility index (Phi) is 5.02. The van der Waals surface area contributed by atoms with Gasteiger partial charge in [0.2, 0.25) is 5.82 Å². The van der Waals surface area contributed by atoms with Crippen molar-refractivity contribution in [2.75, 3.05) is 4.90 Å². The minimum atomic E-state index is -0.736. The van der Waals surface area contributed by atoms with Crippen molar-refractivity contribution in [3.63, 3.8) is 0 Å². The maximum absolute atomic E-state index is 14.0. The van der Waals surface area contributed by atoms with E-state index in [2.05, 4.69) is 15.5 Å². The molecule has 0 fully saturated rings. The fourth-order valence-electron chi connectivity index (χ4n) is 3.72. The van der Waals surface area contributed by atoms with E-state index in [4.69, 9.17) is 4.52 Å². The molecule has 3 heterocycles. The zero-order valence-electron chi connectivity index (χ0n) is 16.8. The Labute approximate surface area is 185 Å². The van der Waals surface area contributed by atoms with Crippen LogP contribution in [0.25, 0.3) is 16.3 Å². The second-order valence-corrected chi connectivity index (χ2v) is 8.10. The second kappa shape index (κ2) is 8.01. The van der Waals surface area contributed by atoms with Gasteiger partial charge < -0.3 is 9.84 Å². The van der Waals surface area contributed by atoms with Gasteiger partial charge in [0.25, 0.3) is 5.89 Å². The van der Waals surface area contributed by atoms with E-state index < -0.39 is 23.7 Å². The number of nitrogens with one attached hydrogen (secondary N) is 1. The highest BCUT2D eigenvalue weighted by Crippen LogP contribution is 2.39. The standard InChI is InChI=1S/C23H16F2N4O2S/c1-13-19(22-27-21(28-31-22)18-9-4-10-32-18)20(14-5-2-6-15(24)11-14)26-23(30)29(13)17-8-3-7-16(25)12-17/h2-12,20H,1H3,(H,26,30). The summed E-state index contributed by atoms with van der Waals surface area (Å²) in [5.41, 5.74) is 1.82. The molecule has 160 valence electrons. The summed E-state index contributed by atoms with van der Waals surface area (Å²) in [6.45, 7) is 1.71. The van der Waals surface area contributed by atoms with Crippen molar-refractivity contribution in [1.29, 1.82) is 0 Å². The van der Waals surface area contributed by atoms with Crippen LogP contribution in [0.4, 0.5) is 19.3 Å². The number of amides is 2. The smallest absolute Gasteiger partial charge is 0.327 e. The van der Waals surface area contributed by atoms with Crippen LogP contribution in [0.5, 0.6) is 0 Å². The summed E-state index contributed by atoms with van der Waals surface area (Å²) in [4.78, 5) is 19.7. The van der Waals surface area contributed by atoms with E-state index in [0.29, 0.717) is 28.3 Å². The highest BCUT2D eigenvalue weighted by Gasteiger charge is 2.36. The van der Waals surface area contributed by atoms with Crippen LogP contribution >= 0.6 is 11.3 Å². The quantitative estimate of drug-likeness (QED) is 0.428. The lowest BCUT2D eigenvalue weighted by Crippen LogP contribution is -2.46. The van der Waals surface area contributed by atoms with E-state index in [1.165, 1.54) is 46.6 Å². The molecule has 6 nitrogen and oxygen atoms in total. The number of benzene rings is 2. The third kappa shape index (κ3) is 3.56. The average Bonchev–Trinajstić information content (AvgIpc) is 3.45. The number of hydrogen-bond acceptors (Lipinski definition) is 5. The summed E-state index contributed by atoms with van der Waals surface area (Å²) in [6.07, 6.45) is 0. The number of nitrogens with zero attached hydrogens (tertiary/aromatic N) is 3. The monoisotopic (exact) mass is 450 g/mol. The Morgan fingerprint density at radius 3 is 2.56 bits per heavy atom. The van der Waals surface area contributed by atoms with Gasteiger partial charge in [0.1, 0.15) is 11.6 Å². The van der Waals surface area contributed by atoms with Crippen LogP contribution in [-0.4, -0.2) is 16.2 Å². The predicted octanol–water partition coefficient (Wildman–Crippen LogP) is 5.78. The maximum Gasteiger partial charge on any atom is 0.327 e. The molecule has 2 amide bonds. The number of urea groups is 1. The molecule has 5 rings (SSSR count). The molecule has 0 spiro atoms. The van der Waals surface area contributed by atoms with Crippen molar-refractivity contribution in [2.24, 2.45) is 0 Å². The van der Waals surface area contributed by atoms with Crippen LogP contribution in [0, 0.1) is 11.6 Å². The molecule has 0 aliphatic carbocycles. The minimum Gasteiger partial charge on any atom is -0.334 e. The molecule has 0 radical (unpaired) electrons. The lowest BCUT2D eigenvalue weighted by Gasteiger charge is -2.35. The van der Waals surface area contributed by atoms with Gasteiger partial charge in [0, 0.05) is 5.70 Å². The zero-order valence-corrected chi connectivity index (χ0v) is 17.6. The molecule has 32 heavy (non-hydrogen) atoms. The summed E-state index contributed by atoms with van der Waals surface area (Å²) < 4.78 is 33.4. The van der Waals surface area contributed by atoms with E-state index in [1.807, 2.05) is 17.5 Å². The third-order valence-electron chi connectivity index (χ3n) is 5.13. The first-order valence-electron chi connectivity index (χ1n) is 9.71. The summed E-state index contributed by atoms with van der Waals surface area (Å²) in [5, 5.41) is 8.84. The fourth-order valence-corrected chi connectivity index (χ4v) is 4.37.